The minimum absolute atomic E-state index is 0.0547. The van der Waals surface area contributed by atoms with Crippen LogP contribution in [0.2, 0.25) is 0 Å². The first-order valence-corrected chi connectivity index (χ1v) is 19.3. The summed E-state index contributed by atoms with van der Waals surface area (Å²) >= 11 is 14.5. The van der Waals surface area contributed by atoms with Crippen LogP contribution in [0.5, 0.6) is 17.2 Å². The van der Waals surface area contributed by atoms with Crippen molar-refractivity contribution in [1.82, 2.24) is 0 Å². The second-order valence-electron chi connectivity index (χ2n) is 15.1. The quantitative estimate of drug-likeness (QED) is 0.0354. The van der Waals surface area contributed by atoms with Crippen molar-refractivity contribution in [2.45, 2.75) is 28.5 Å². The smallest absolute Gasteiger partial charge is 0.258 e. The van der Waals surface area contributed by atoms with Crippen molar-refractivity contribution < 1.29 is 55.7 Å². The number of fused-ring (bicyclic) bond motifs is 4. The molecule has 19 heteroatoms. The number of hydrogen-bond donors (Lipinski definition) is 1. The Bertz CT molecular complexity index is 2600. The summed E-state index contributed by atoms with van der Waals surface area (Å²) in [5.41, 5.74) is 0.00640. The molecule has 0 bridgehead atoms. The van der Waals surface area contributed by atoms with Crippen molar-refractivity contribution in [1.29, 1.82) is 0 Å². The van der Waals surface area contributed by atoms with Gasteiger partial charge in [0.2, 0.25) is 17.6 Å². The van der Waals surface area contributed by atoms with Crippen LogP contribution >= 0.6 is 23.2 Å². The van der Waals surface area contributed by atoms with Gasteiger partial charge in [-0.2, -0.15) is 10.2 Å². The van der Waals surface area contributed by atoms with Gasteiger partial charge in [-0.15, -0.1) is 23.2 Å². The van der Waals surface area contributed by atoms with Crippen LogP contribution in [0.4, 0.5) is 50.4 Å². The van der Waals surface area contributed by atoms with Crippen LogP contribution in [0.25, 0.3) is 0 Å². The van der Waals surface area contributed by atoms with E-state index in [9.17, 15) is 37.5 Å². The summed E-state index contributed by atoms with van der Waals surface area (Å²) in [5, 5.41) is 20.0. The molecule has 4 aromatic carbocycles. The van der Waals surface area contributed by atoms with Gasteiger partial charge < -0.3 is 19.5 Å². The number of alkyl halides is 2. The summed E-state index contributed by atoms with van der Waals surface area (Å²) in [6, 6.07) is 15.8. The number of anilines is 3. The SMILES string of the molecule is COc1cc(O)c([C@H]2C3=CC[C@@H]4C(=O)N(c5ccc(N=Nc6ccc(N(C)C)cc6)cc5)C(=O)[C@@H]4[C@@H]3C[C@@]3(Cl)C(=O)N(c4c(F)c(F)c(F)c(F)c4F)C(=O)[C@@]23Cl)c(OC)c1. The molecule has 0 aromatic heterocycles. The number of imide groups is 2. The maximum absolute atomic E-state index is 15.4. The zero-order valence-electron chi connectivity index (χ0n) is 32.4. The van der Waals surface area contributed by atoms with Gasteiger partial charge in [-0.05, 0) is 67.3 Å². The molecule has 4 amide bonds. The van der Waals surface area contributed by atoms with Gasteiger partial charge in [0, 0.05) is 43.4 Å². The van der Waals surface area contributed by atoms with Gasteiger partial charge in [0.1, 0.15) is 22.9 Å². The van der Waals surface area contributed by atoms with Crippen molar-refractivity contribution in [3.05, 3.63) is 107 Å². The lowest BCUT2D eigenvalue weighted by molar-refractivity contribution is -0.125. The van der Waals surface area contributed by atoms with E-state index in [-0.39, 0.29) is 39.6 Å². The second-order valence-corrected chi connectivity index (χ2v) is 16.3. The van der Waals surface area contributed by atoms with Gasteiger partial charge in [0.05, 0.1) is 43.1 Å². The second kappa shape index (κ2) is 14.8. The molecular formula is C42H32Cl2F5N5O7. The zero-order chi connectivity index (χ0) is 44.0. The Morgan fingerprint density at radius 3 is 1.89 bits per heavy atom. The van der Waals surface area contributed by atoms with E-state index in [0.29, 0.717) is 11.4 Å². The Morgan fingerprint density at radius 2 is 1.33 bits per heavy atom. The van der Waals surface area contributed by atoms with Gasteiger partial charge in [-0.1, -0.05) is 11.6 Å². The van der Waals surface area contributed by atoms with Crippen molar-refractivity contribution >= 4 is 75.3 Å². The van der Waals surface area contributed by atoms with Crippen LogP contribution in [0.15, 0.2) is 82.5 Å². The third-order valence-electron chi connectivity index (χ3n) is 11.8. The number of nitrogens with zero attached hydrogens (tertiary/aromatic N) is 5. The number of azo groups is 1. The Balaban J connectivity index is 1.22. The van der Waals surface area contributed by atoms with Crippen LogP contribution in [0, 0.1) is 46.8 Å². The van der Waals surface area contributed by atoms with Gasteiger partial charge in [-0.3, -0.25) is 24.1 Å². The number of phenols is 1. The molecule has 4 aromatic rings. The van der Waals surface area contributed by atoms with E-state index in [1.807, 2.05) is 31.1 Å². The molecule has 1 N–H and O–H groups in total. The van der Waals surface area contributed by atoms with E-state index in [4.69, 9.17) is 32.7 Å². The standard InChI is InChI=1S/C42H32Cl2F5N5O7/c1-52(2)20-9-5-18(6-10-20)50-51-19-7-11-21(12-8-19)53-37(56)24-14-13-23-25(28(24)38(53)57)17-41(43)39(58)54(36-34(48)32(46)31(45)33(47)35(36)49)40(59)42(41,44)30(23)29-26(55)15-22(60-3)16-27(29)61-4/h5-13,15-16,24-25,28,30,55H,14,17H2,1-4H3/t24-,25+,28-,30+,41+,42-/m0/s1. The van der Waals surface area contributed by atoms with Gasteiger partial charge >= 0.3 is 0 Å². The molecule has 2 aliphatic carbocycles. The van der Waals surface area contributed by atoms with Gasteiger partial charge in [-0.25, -0.2) is 26.9 Å². The molecule has 2 heterocycles. The monoisotopic (exact) mass is 883 g/mol. The van der Waals surface area contributed by atoms with Crippen molar-refractivity contribution in [2.75, 3.05) is 43.0 Å². The number of phenolic OH excluding ortho intramolecular Hbond substituents is 1. The first kappa shape index (κ1) is 41.7. The van der Waals surface area contributed by atoms with E-state index >= 15 is 8.78 Å². The number of carbonyl (C=O) groups excluding carboxylic acids is 4. The van der Waals surface area contributed by atoms with Gasteiger partial charge in [0.15, 0.2) is 33.0 Å². The molecule has 8 rings (SSSR count). The Kier molecular flexibility index (Phi) is 10.1. The molecule has 12 nitrogen and oxygen atoms in total. The number of amides is 4. The van der Waals surface area contributed by atoms with Crippen LogP contribution in [-0.4, -0.2) is 66.8 Å². The molecule has 4 aliphatic rings. The number of benzene rings is 4. The summed E-state index contributed by atoms with van der Waals surface area (Å²) in [6.45, 7) is 0. The number of hydrogen-bond acceptors (Lipinski definition) is 10. The average Bonchev–Trinajstić information content (AvgIpc) is 3.59. The molecule has 2 aliphatic heterocycles. The number of ether oxygens (including phenoxy) is 2. The van der Waals surface area contributed by atoms with E-state index in [1.54, 1.807) is 24.3 Å². The fraction of sp³-hybridized carbons (Fsp3) is 0.286. The molecule has 1 saturated carbocycles. The summed E-state index contributed by atoms with van der Waals surface area (Å²) < 4.78 is 85.1. The summed E-state index contributed by atoms with van der Waals surface area (Å²) in [6.07, 6.45) is 0.638. The maximum Gasteiger partial charge on any atom is 0.258 e. The summed E-state index contributed by atoms with van der Waals surface area (Å²) in [4.78, 5) is 54.8. The molecule has 316 valence electrons. The maximum atomic E-state index is 15.4. The first-order valence-electron chi connectivity index (χ1n) is 18.5. The number of aromatic hydroxyl groups is 1. The predicted molar refractivity (Wildman–Crippen MR) is 212 cm³/mol. The lowest BCUT2D eigenvalue weighted by Crippen LogP contribution is -2.60. The number of rotatable bonds is 8. The third kappa shape index (κ3) is 5.98. The van der Waals surface area contributed by atoms with Crippen molar-refractivity contribution in [2.24, 2.45) is 28.0 Å². The number of halogens is 7. The normalized spacial score (nSPS) is 25.8. The van der Waals surface area contributed by atoms with Crippen LogP contribution < -0.4 is 24.2 Å². The van der Waals surface area contributed by atoms with Gasteiger partial charge in [0.25, 0.3) is 11.8 Å². The number of methoxy groups -OCH3 is 2. The van der Waals surface area contributed by atoms with E-state index in [0.717, 1.165) is 16.7 Å². The third-order valence-corrected chi connectivity index (χ3v) is 13.2. The average molecular weight is 885 g/mol. The lowest BCUT2D eigenvalue weighted by Gasteiger charge is -2.50. The minimum Gasteiger partial charge on any atom is -0.507 e. The fourth-order valence-electron chi connectivity index (χ4n) is 8.90. The van der Waals surface area contributed by atoms with E-state index in [1.165, 1.54) is 38.5 Å². The molecular weight excluding hydrogens is 852 g/mol. The van der Waals surface area contributed by atoms with E-state index < -0.39 is 104 Å². The highest BCUT2D eigenvalue weighted by atomic mass is 35.5. The molecule has 2 saturated heterocycles. The van der Waals surface area contributed by atoms with Crippen LogP contribution in [-0.2, 0) is 19.2 Å². The minimum atomic E-state index is -2.88. The van der Waals surface area contributed by atoms with Crippen molar-refractivity contribution in [3.63, 3.8) is 0 Å². The molecule has 6 atom stereocenters. The zero-order valence-corrected chi connectivity index (χ0v) is 33.9. The summed E-state index contributed by atoms with van der Waals surface area (Å²) in [5.74, 6) is -23.3. The first-order chi connectivity index (χ1) is 28.9. The van der Waals surface area contributed by atoms with Crippen LogP contribution in [0.3, 0.4) is 0 Å². The molecule has 0 spiro atoms. The Hall–Kier alpha value is -6.07. The molecule has 0 radical (unpaired) electrons. The predicted octanol–water partition coefficient (Wildman–Crippen LogP) is 8.35. The van der Waals surface area contributed by atoms with E-state index in [2.05, 4.69) is 10.2 Å². The van der Waals surface area contributed by atoms with Crippen LogP contribution in [0.1, 0.15) is 24.3 Å². The fourth-order valence-corrected chi connectivity index (χ4v) is 9.82. The molecule has 61 heavy (non-hydrogen) atoms. The number of allylic oxidation sites excluding steroid dienone is 2. The Morgan fingerprint density at radius 1 is 0.754 bits per heavy atom. The Labute approximate surface area is 353 Å². The molecule has 3 fully saturated rings. The topological polar surface area (TPSA) is 141 Å². The highest BCUT2D eigenvalue weighted by Gasteiger charge is 2.77. The largest absolute Gasteiger partial charge is 0.507 e. The lowest BCUT2D eigenvalue weighted by atomic mass is 9.56. The number of carbonyl (C=O) groups is 4. The summed E-state index contributed by atoms with van der Waals surface area (Å²) in [7, 11) is 6.27. The molecule has 0 unspecified atom stereocenters. The highest BCUT2D eigenvalue weighted by Crippen LogP contribution is 2.68. The van der Waals surface area contributed by atoms with Crippen molar-refractivity contribution in [3.8, 4) is 17.2 Å². The highest BCUT2D eigenvalue weighted by molar-refractivity contribution is 6.58.